The Bertz CT molecular complexity index is 887. The van der Waals surface area contributed by atoms with Crippen molar-refractivity contribution in [2.45, 2.75) is 24.3 Å². The lowest BCUT2D eigenvalue weighted by Crippen LogP contribution is -2.24. The quantitative estimate of drug-likeness (QED) is 0.451. The number of hydrogen-bond donors (Lipinski definition) is 1. The number of nitrogens with two attached hydrogens (primary N) is 1. The highest BCUT2D eigenvalue weighted by Crippen LogP contribution is 2.24. The number of carbonyl (C=O) groups excluding carboxylic acids is 2. The molecule has 2 rings (SSSR count). The highest BCUT2D eigenvalue weighted by atomic mass is 32.2. The van der Waals surface area contributed by atoms with Crippen molar-refractivity contribution in [2.24, 2.45) is 5.73 Å². The van der Waals surface area contributed by atoms with Gasteiger partial charge in [-0.15, -0.1) is 0 Å². The third-order valence-electron chi connectivity index (χ3n) is 3.90. The van der Waals surface area contributed by atoms with Crippen LogP contribution in [0.3, 0.4) is 0 Å². The fourth-order valence-corrected chi connectivity index (χ4v) is 3.13. The molecule has 0 aromatic heterocycles. The fourth-order valence-electron chi connectivity index (χ4n) is 2.50. The van der Waals surface area contributed by atoms with Gasteiger partial charge in [-0.25, -0.2) is 8.42 Å². The van der Waals surface area contributed by atoms with Crippen molar-refractivity contribution in [3.63, 3.8) is 0 Å². The summed E-state index contributed by atoms with van der Waals surface area (Å²) in [7, 11) is -3.37. The molecule has 1 atom stereocenters. The molecule has 0 saturated carbocycles. The van der Waals surface area contributed by atoms with Gasteiger partial charge in [0.25, 0.3) is 0 Å². The number of rotatable bonds is 7. The van der Waals surface area contributed by atoms with Crippen LogP contribution in [0.15, 0.2) is 53.4 Å². The molecule has 2 aromatic carbocycles. The smallest absolute Gasteiger partial charge is 0.321 e. The van der Waals surface area contributed by atoms with Gasteiger partial charge >= 0.3 is 5.97 Å². The van der Waals surface area contributed by atoms with Crippen molar-refractivity contribution in [1.29, 1.82) is 0 Å². The molecule has 0 fully saturated rings. The summed E-state index contributed by atoms with van der Waals surface area (Å²) < 4.78 is 28.2. The zero-order valence-corrected chi connectivity index (χ0v) is 15.5. The molecule has 2 aromatic rings. The first-order valence-electron chi connectivity index (χ1n) is 8.07. The van der Waals surface area contributed by atoms with Crippen molar-refractivity contribution in [2.75, 3.05) is 12.9 Å². The maximum atomic E-state index is 12.9. The number of hydrogen-bond acceptors (Lipinski definition) is 6. The van der Waals surface area contributed by atoms with Crippen LogP contribution in [0.1, 0.15) is 34.3 Å². The number of ether oxygens (including phenoxy) is 1. The van der Waals surface area contributed by atoms with Gasteiger partial charge < -0.3 is 10.5 Å². The van der Waals surface area contributed by atoms with Crippen LogP contribution in [0.5, 0.6) is 0 Å². The molecule has 0 radical (unpaired) electrons. The first-order valence-corrected chi connectivity index (χ1v) is 9.97. The lowest BCUT2D eigenvalue weighted by atomic mass is 9.90. The monoisotopic (exact) mass is 375 g/mol. The Morgan fingerprint density at radius 2 is 1.62 bits per heavy atom. The minimum atomic E-state index is -3.37. The summed E-state index contributed by atoms with van der Waals surface area (Å²) in [4.78, 5) is 25.4. The summed E-state index contributed by atoms with van der Waals surface area (Å²) in [6, 6.07) is 12.4. The predicted octanol–water partition coefficient (Wildman–Crippen LogP) is 2.08. The molecule has 0 aliphatic rings. The highest BCUT2D eigenvalue weighted by molar-refractivity contribution is 7.90. The Hall–Kier alpha value is -2.51. The lowest BCUT2D eigenvalue weighted by Gasteiger charge is -2.16. The van der Waals surface area contributed by atoms with Crippen LogP contribution < -0.4 is 5.73 Å². The van der Waals surface area contributed by atoms with Gasteiger partial charge in [-0.1, -0.05) is 36.4 Å². The van der Waals surface area contributed by atoms with E-state index in [4.69, 9.17) is 10.5 Å². The molecule has 0 aliphatic heterocycles. The number of sulfone groups is 1. The van der Waals surface area contributed by atoms with E-state index < -0.39 is 27.5 Å². The van der Waals surface area contributed by atoms with Crippen molar-refractivity contribution in [3.8, 4) is 0 Å². The number of carbonyl (C=O) groups is 2. The maximum absolute atomic E-state index is 12.9. The standard InChI is InChI=1S/C19H21NO5S/c1-3-25-19(22)17(14-6-4-13(12-20)5-7-14)18(21)15-8-10-16(11-9-15)26(2,23)24/h4-11,17H,3,12,20H2,1-2H3. The van der Waals surface area contributed by atoms with E-state index in [2.05, 4.69) is 0 Å². The molecule has 1 unspecified atom stereocenters. The Morgan fingerprint density at radius 1 is 1.04 bits per heavy atom. The lowest BCUT2D eigenvalue weighted by molar-refractivity contribution is -0.143. The Kier molecular flexibility index (Phi) is 6.28. The summed E-state index contributed by atoms with van der Waals surface area (Å²) in [6.07, 6.45) is 1.09. The molecule has 0 saturated heterocycles. The molecule has 0 aliphatic carbocycles. The summed E-state index contributed by atoms with van der Waals surface area (Å²) in [6.45, 7) is 2.17. The predicted molar refractivity (Wildman–Crippen MR) is 97.6 cm³/mol. The molecule has 26 heavy (non-hydrogen) atoms. The van der Waals surface area contributed by atoms with Crippen LogP contribution in [-0.2, 0) is 25.9 Å². The molecule has 2 N–H and O–H groups in total. The number of benzene rings is 2. The average molecular weight is 375 g/mol. The molecule has 0 bridgehead atoms. The van der Waals surface area contributed by atoms with Crippen molar-refractivity contribution >= 4 is 21.6 Å². The number of ketones is 1. The number of Topliss-reactive ketones (excluding diaryl/α,β-unsaturated/α-hetero) is 1. The SMILES string of the molecule is CCOC(=O)C(C(=O)c1ccc(S(C)(=O)=O)cc1)c1ccc(CN)cc1. The van der Waals surface area contributed by atoms with E-state index in [-0.39, 0.29) is 17.1 Å². The number of esters is 1. The summed E-state index contributed by atoms with van der Waals surface area (Å²) >= 11 is 0. The zero-order valence-electron chi connectivity index (χ0n) is 14.6. The molecule has 7 heteroatoms. The van der Waals surface area contributed by atoms with E-state index in [9.17, 15) is 18.0 Å². The minimum Gasteiger partial charge on any atom is -0.465 e. The summed E-state index contributed by atoms with van der Waals surface area (Å²) in [5, 5.41) is 0. The third kappa shape index (κ3) is 4.56. The second-order valence-corrected chi connectivity index (χ2v) is 7.81. The second kappa shape index (κ2) is 8.25. The van der Waals surface area contributed by atoms with E-state index >= 15 is 0 Å². The van der Waals surface area contributed by atoms with Crippen LogP contribution in [0.2, 0.25) is 0 Å². The first-order chi connectivity index (χ1) is 12.3. The van der Waals surface area contributed by atoms with Gasteiger partial charge in [0.1, 0.15) is 5.92 Å². The van der Waals surface area contributed by atoms with Crippen molar-refractivity contribution < 1.29 is 22.7 Å². The van der Waals surface area contributed by atoms with Gasteiger partial charge in [-0.3, -0.25) is 9.59 Å². The molecule has 138 valence electrons. The fraction of sp³-hybridized carbons (Fsp3) is 0.263. The molecular weight excluding hydrogens is 354 g/mol. The summed E-state index contributed by atoms with van der Waals surface area (Å²) in [5.41, 5.74) is 7.18. The third-order valence-corrected chi connectivity index (χ3v) is 5.03. The molecule has 6 nitrogen and oxygen atoms in total. The van der Waals surface area contributed by atoms with Crippen LogP contribution in [0.4, 0.5) is 0 Å². The Morgan fingerprint density at radius 3 is 2.08 bits per heavy atom. The minimum absolute atomic E-state index is 0.106. The van der Waals surface area contributed by atoms with Gasteiger partial charge in [0, 0.05) is 18.4 Å². The topological polar surface area (TPSA) is 104 Å². The average Bonchev–Trinajstić information content (AvgIpc) is 2.62. The Labute approximate surface area is 152 Å². The van der Waals surface area contributed by atoms with Gasteiger partial charge in [0.15, 0.2) is 15.6 Å². The second-order valence-electron chi connectivity index (χ2n) is 5.79. The van der Waals surface area contributed by atoms with Gasteiger partial charge in [-0.2, -0.15) is 0 Å². The van der Waals surface area contributed by atoms with Gasteiger partial charge in [0.2, 0.25) is 0 Å². The van der Waals surface area contributed by atoms with E-state index in [0.717, 1.165) is 11.8 Å². The van der Waals surface area contributed by atoms with Crippen LogP contribution in [0.25, 0.3) is 0 Å². The van der Waals surface area contributed by atoms with Crippen LogP contribution >= 0.6 is 0 Å². The van der Waals surface area contributed by atoms with Gasteiger partial charge in [0.05, 0.1) is 11.5 Å². The van der Waals surface area contributed by atoms with E-state index in [1.165, 1.54) is 24.3 Å². The van der Waals surface area contributed by atoms with E-state index in [0.29, 0.717) is 12.1 Å². The van der Waals surface area contributed by atoms with Crippen molar-refractivity contribution in [3.05, 3.63) is 65.2 Å². The van der Waals surface area contributed by atoms with E-state index in [1.54, 1.807) is 31.2 Å². The van der Waals surface area contributed by atoms with Crippen LogP contribution in [-0.4, -0.2) is 33.0 Å². The normalized spacial score (nSPS) is 12.4. The molecule has 0 heterocycles. The molecular formula is C19H21NO5S. The summed E-state index contributed by atoms with van der Waals surface area (Å²) in [5.74, 6) is -2.22. The molecule has 0 spiro atoms. The highest BCUT2D eigenvalue weighted by Gasteiger charge is 2.30. The molecule has 0 amide bonds. The zero-order chi connectivity index (χ0) is 19.3. The maximum Gasteiger partial charge on any atom is 0.321 e. The van der Waals surface area contributed by atoms with Crippen LogP contribution in [0, 0.1) is 0 Å². The first kappa shape index (κ1) is 19.8. The Balaban J connectivity index is 2.40. The van der Waals surface area contributed by atoms with E-state index in [1.807, 2.05) is 0 Å². The largest absolute Gasteiger partial charge is 0.465 e. The van der Waals surface area contributed by atoms with Crippen molar-refractivity contribution in [1.82, 2.24) is 0 Å². The van der Waals surface area contributed by atoms with Gasteiger partial charge in [-0.05, 0) is 30.2 Å².